The first kappa shape index (κ1) is 22.9. The van der Waals surface area contributed by atoms with Crippen molar-refractivity contribution in [3.8, 4) is 5.75 Å². The van der Waals surface area contributed by atoms with E-state index >= 15 is 0 Å². The highest BCUT2D eigenvalue weighted by Gasteiger charge is 2.46. The monoisotopic (exact) mass is 481 g/mol. The summed E-state index contributed by atoms with van der Waals surface area (Å²) in [4.78, 5) is 27.7. The second-order valence-corrected chi connectivity index (χ2v) is 8.36. The van der Waals surface area contributed by atoms with Crippen LogP contribution < -0.4 is 4.74 Å². The molecule has 7 heteroatoms. The lowest BCUT2D eigenvalue weighted by molar-refractivity contribution is -0.140. The number of amides is 1. The summed E-state index contributed by atoms with van der Waals surface area (Å²) in [6.45, 7) is 2.49. The zero-order valence-electron chi connectivity index (χ0n) is 17.8. The van der Waals surface area contributed by atoms with Crippen LogP contribution in [-0.2, 0) is 16.1 Å². The Morgan fingerprint density at radius 2 is 1.73 bits per heavy atom. The van der Waals surface area contributed by atoms with Crippen LogP contribution in [0, 0.1) is 0 Å². The number of hydrogen-bond donors (Lipinski definition) is 1. The molecule has 0 aromatic heterocycles. The lowest BCUT2D eigenvalue weighted by Gasteiger charge is -2.25. The Kier molecular flexibility index (Phi) is 6.72. The van der Waals surface area contributed by atoms with Gasteiger partial charge in [0.1, 0.15) is 11.5 Å². The van der Waals surface area contributed by atoms with Crippen molar-refractivity contribution in [3.05, 3.63) is 105 Å². The van der Waals surface area contributed by atoms with Gasteiger partial charge in [0.25, 0.3) is 11.7 Å². The number of halogens is 2. The van der Waals surface area contributed by atoms with Gasteiger partial charge in [-0.15, -0.1) is 0 Å². The van der Waals surface area contributed by atoms with Gasteiger partial charge in [-0.1, -0.05) is 71.7 Å². The number of carbonyl (C=O) groups is 2. The van der Waals surface area contributed by atoms with Gasteiger partial charge in [-0.2, -0.15) is 0 Å². The molecule has 0 aliphatic carbocycles. The van der Waals surface area contributed by atoms with Crippen molar-refractivity contribution in [1.29, 1.82) is 0 Å². The molecule has 33 heavy (non-hydrogen) atoms. The van der Waals surface area contributed by atoms with E-state index in [1.165, 1.54) is 4.90 Å². The molecule has 1 aliphatic rings. The predicted octanol–water partition coefficient (Wildman–Crippen LogP) is 6.01. The summed E-state index contributed by atoms with van der Waals surface area (Å²) in [5, 5.41) is 11.8. The molecular formula is C26H21Cl2NO4. The lowest BCUT2D eigenvalue weighted by atomic mass is 9.95. The van der Waals surface area contributed by atoms with Crippen LogP contribution in [0.25, 0.3) is 5.76 Å². The van der Waals surface area contributed by atoms with Gasteiger partial charge in [-0.05, 0) is 42.3 Å². The van der Waals surface area contributed by atoms with E-state index in [9.17, 15) is 14.7 Å². The average Bonchev–Trinajstić information content (AvgIpc) is 3.06. The fourth-order valence-corrected chi connectivity index (χ4v) is 4.21. The smallest absolute Gasteiger partial charge is 0.295 e. The minimum absolute atomic E-state index is 0.0111. The molecule has 168 valence electrons. The van der Waals surface area contributed by atoms with E-state index in [0.717, 1.165) is 5.56 Å². The van der Waals surface area contributed by atoms with E-state index in [1.54, 1.807) is 42.5 Å². The Hall–Kier alpha value is -3.28. The van der Waals surface area contributed by atoms with E-state index < -0.39 is 17.7 Å². The number of Topliss-reactive ketones (excluding diaryl/α,β-unsaturated/α-hetero) is 1. The minimum Gasteiger partial charge on any atom is -0.507 e. The zero-order chi connectivity index (χ0) is 23.5. The number of carbonyl (C=O) groups excluding carboxylic acids is 2. The molecule has 0 radical (unpaired) electrons. The second kappa shape index (κ2) is 9.69. The van der Waals surface area contributed by atoms with Crippen molar-refractivity contribution in [1.82, 2.24) is 4.90 Å². The number of rotatable bonds is 6. The summed E-state index contributed by atoms with van der Waals surface area (Å²) in [7, 11) is 0. The lowest BCUT2D eigenvalue weighted by Crippen LogP contribution is -2.29. The first-order valence-corrected chi connectivity index (χ1v) is 11.2. The number of hydrogen-bond acceptors (Lipinski definition) is 4. The molecular weight excluding hydrogens is 461 g/mol. The summed E-state index contributed by atoms with van der Waals surface area (Å²) in [5.41, 5.74) is 1.79. The molecule has 1 heterocycles. The summed E-state index contributed by atoms with van der Waals surface area (Å²) < 4.78 is 5.52. The van der Waals surface area contributed by atoms with Gasteiger partial charge in [0.05, 0.1) is 28.3 Å². The molecule has 5 nitrogen and oxygen atoms in total. The summed E-state index contributed by atoms with van der Waals surface area (Å²) >= 11 is 12.4. The minimum atomic E-state index is -0.837. The highest BCUT2D eigenvalue weighted by Crippen LogP contribution is 2.42. The molecule has 1 unspecified atom stereocenters. The Morgan fingerprint density at radius 1 is 0.970 bits per heavy atom. The molecule has 3 aromatic carbocycles. The van der Waals surface area contributed by atoms with Crippen molar-refractivity contribution >= 4 is 40.7 Å². The molecule has 1 saturated heterocycles. The van der Waals surface area contributed by atoms with Crippen LogP contribution in [0.5, 0.6) is 5.75 Å². The molecule has 1 amide bonds. The average molecular weight is 482 g/mol. The van der Waals surface area contributed by atoms with E-state index in [-0.39, 0.29) is 22.9 Å². The van der Waals surface area contributed by atoms with Crippen LogP contribution in [0.3, 0.4) is 0 Å². The third-order valence-electron chi connectivity index (χ3n) is 5.41. The Labute approximate surface area is 201 Å². The van der Waals surface area contributed by atoms with E-state index in [1.807, 2.05) is 37.3 Å². The number of aliphatic hydroxyl groups is 1. The molecule has 4 rings (SSSR count). The molecule has 1 fully saturated rings. The van der Waals surface area contributed by atoms with Gasteiger partial charge in [-0.25, -0.2) is 0 Å². The normalized spacial score (nSPS) is 17.4. The Morgan fingerprint density at radius 3 is 2.42 bits per heavy atom. The molecule has 3 aromatic rings. The van der Waals surface area contributed by atoms with Gasteiger partial charge in [0.15, 0.2) is 0 Å². The van der Waals surface area contributed by atoms with Crippen molar-refractivity contribution in [3.63, 3.8) is 0 Å². The summed E-state index contributed by atoms with van der Waals surface area (Å²) in [5.74, 6) is -1.19. The van der Waals surface area contributed by atoms with Gasteiger partial charge < -0.3 is 14.7 Å². The van der Waals surface area contributed by atoms with Crippen LogP contribution in [0.15, 0.2) is 78.4 Å². The molecule has 0 saturated carbocycles. The van der Waals surface area contributed by atoms with E-state index in [2.05, 4.69) is 0 Å². The topological polar surface area (TPSA) is 66.8 Å². The Bertz CT molecular complexity index is 1240. The number of aliphatic hydroxyl groups excluding tert-OH is 1. The van der Waals surface area contributed by atoms with E-state index in [4.69, 9.17) is 27.9 Å². The second-order valence-electron chi connectivity index (χ2n) is 7.55. The molecule has 0 bridgehead atoms. The van der Waals surface area contributed by atoms with Crippen molar-refractivity contribution in [2.24, 2.45) is 0 Å². The third-order valence-corrected chi connectivity index (χ3v) is 6.15. The number of ketones is 1. The fraction of sp³-hybridized carbons (Fsp3) is 0.154. The summed E-state index contributed by atoms with van der Waals surface area (Å²) in [6, 6.07) is 20.2. The maximum atomic E-state index is 13.2. The van der Waals surface area contributed by atoms with Gasteiger partial charge >= 0.3 is 0 Å². The predicted molar refractivity (Wildman–Crippen MR) is 128 cm³/mol. The molecule has 1 N–H and O–H groups in total. The number of likely N-dealkylation sites (tertiary alicyclic amines) is 1. The maximum absolute atomic E-state index is 13.2. The van der Waals surface area contributed by atoms with Gasteiger partial charge in [-0.3, -0.25) is 9.59 Å². The SMILES string of the molecule is CCOc1cccc(C(O)=C2C(=O)C(=O)N(Cc3ccccc3)C2c2ccc(Cl)c(Cl)c2)c1. The van der Waals surface area contributed by atoms with Crippen LogP contribution >= 0.6 is 23.2 Å². The highest BCUT2D eigenvalue weighted by molar-refractivity contribution is 6.46. The largest absolute Gasteiger partial charge is 0.507 e. The number of nitrogens with zero attached hydrogens (tertiary/aromatic N) is 1. The van der Waals surface area contributed by atoms with Crippen molar-refractivity contribution in [2.45, 2.75) is 19.5 Å². The molecule has 0 spiro atoms. The van der Waals surface area contributed by atoms with Crippen molar-refractivity contribution < 1.29 is 19.4 Å². The Balaban J connectivity index is 1.87. The molecule has 1 aliphatic heterocycles. The summed E-state index contributed by atoms with van der Waals surface area (Å²) in [6.07, 6.45) is 0. The zero-order valence-corrected chi connectivity index (χ0v) is 19.3. The number of benzene rings is 3. The van der Waals surface area contributed by atoms with Crippen molar-refractivity contribution in [2.75, 3.05) is 6.61 Å². The first-order chi connectivity index (χ1) is 15.9. The standard InChI is InChI=1S/C26H21Cl2NO4/c1-2-33-19-10-6-9-18(13-19)24(30)22-23(17-11-12-20(27)21(28)14-17)29(26(32)25(22)31)15-16-7-4-3-5-8-16/h3-14,23,30H,2,15H2,1H3. The quantitative estimate of drug-likeness (QED) is 0.265. The first-order valence-electron chi connectivity index (χ1n) is 10.4. The van der Waals surface area contributed by atoms with Crippen LogP contribution in [0.4, 0.5) is 0 Å². The van der Waals surface area contributed by atoms with Gasteiger partial charge in [0.2, 0.25) is 0 Å². The molecule has 1 atom stereocenters. The number of ether oxygens (including phenoxy) is 1. The van der Waals surface area contributed by atoms with Crippen LogP contribution in [-0.4, -0.2) is 28.3 Å². The van der Waals surface area contributed by atoms with Gasteiger partial charge in [0, 0.05) is 12.1 Å². The van der Waals surface area contributed by atoms with E-state index in [0.29, 0.717) is 28.5 Å². The van der Waals surface area contributed by atoms with Crippen LogP contribution in [0.2, 0.25) is 10.0 Å². The third kappa shape index (κ3) is 4.61. The maximum Gasteiger partial charge on any atom is 0.295 e. The van der Waals surface area contributed by atoms with Crippen LogP contribution in [0.1, 0.15) is 29.7 Å². The fourth-order valence-electron chi connectivity index (χ4n) is 3.91. The highest BCUT2D eigenvalue weighted by atomic mass is 35.5.